The van der Waals surface area contributed by atoms with Gasteiger partial charge in [-0.15, -0.1) is 0 Å². The zero-order valence-electron chi connectivity index (χ0n) is 13.0. The van der Waals surface area contributed by atoms with Crippen molar-refractivity contribution in [3.05, 3.63) is 77.1 Å². The zero-order valence-corrected chi connectivity index (χ0v) is 13.0. The number of nitrogens with two attached hydrogens (primary N) is 1. The molecule has 2 atom stereocenters. The highest BCUT2D eigenvalue weighted by Crippen LogP contribution is 2.34. The highest BCUT2D eigenvalue weighted by Gasteiger charge is 2.27. The molecule has 24 heavy (non-hydrogen) atoms. The molecule has 0 radical (unpaired) electrons. The van der Waals surface area contributed by atoms with Crippen LogP contribution in [0.2, 0.25) is 0 Å². The van der Waals surface area contributed by atoms with Gasteiger partial charge in [-0.05, 0) is 42.2 Å². The Hall–Kier alpha value is -2.27. The van der Waals surface area contributed by atoms with E-state index in [9.17, 15) is 13.2 Å². The van der Waals surface area contributed by atoms with Gasteiger partial charge in [0, 0.05) is 18.0 Å². The second-order valence-electron chi connectivity index (χ2n) is 5.96. The largest absolute Gasteiger partial charge is 0.489 e. The summed E-state index contributed by atoms with van der Waals surface area (Å²) >= 11 is 0. The van der Waals surface area contributed by atoms with Crippen molar-refractivity contribution >= 4 is 0 Å². The Morgan fingerprint density at radius 2 is 1.71 bits per heavy atom. The van der Waals surface area contributed by atoms with Gasteiger partial charge in [0.25, 0.3) is 0 Å². The van der Waals surface area contributed by atoms with Gasteiger partial charge < -0.3 is 10.5 Å². The van der Waals surface area contributed by atoms with Crippen molar-refractivity contribution in [2.24, 2.45) is 5.73 Å². The molecule has 0 aromatic heterocycles. The Balaban J connectivity index is 1.70. The normalized spacial score (nSPS) is 20.6. The van der Waals surface area contributed by atoms with E-state index >= 15 is 0 Å². The first-order chi connectivity index (χ1) is 11.5. The van der Waals surface area contributed by atoms with Crippen molar-refractivity contribution in [1.29, 1.82) is 0 Å². The molecule has 0 unspecified atom stereocenters. The third-order valence-electron chi connectivity index (χ3n) is 4.28. The fourth-order valence-electron chi connectivity index (χ4n) is 2.99. The zero-order chi connectivity index (χ0) is 17.1. The summed E-state index contributed by atoms with van der Waals surface area (Å²) in [6, 6.07) is 10.5. The van der Waals surface area contributed by atoms with Crippen molar-refractivity contribution in [2.75, 3.05) is 6.61 Å². The first kappa shape index (κ1) is 16.6. The van der Waals surface area contributed by atoms with Crippen molar-refractivity contribution in [3.8, 4) is 5.75 Å². The molecule has 1 aliphatic rings. The summed E-state index contributed by atoms with van der Waals surface area (Å²) in [4.78, 5) is 0. The summed E-state index contributed by atoms with van der Waals surface area (Å²) in [5.74, 6) is -2.61. The SMILES string of the molecule is N[C@H]1CC(COc2ccccc2)=CC[C@@H]1c1cc(F)c(F)cc1F. The van der Waals surface area contributed by atoms with Crippen molar-refractivity contribution in [3.63, 3.8) is 0 Å². The predicted molar refractivity (Wildman–Crippen MR) is 86.3 cm³/mol. The van der Waals surface area contributed by atoms with Gasteiger partial charge in [-0.1, -0.05) is 24.3 Å². The summed E-state index contributed by atoms with van der Waals surface area (Å²) in [6.07, 6.45) is 2.93. The van der Waals surface area contributed by atoms with Crippen molar-refractivity contribution < 1.29 is 17.9 Å². The fraction of sp³-hybridized carbons (Fsp3) is 0.263. The molecule has 5 heteroatoms. The molecule has 0 bridgehead atoms. The van der Waals surface area contributed by atoms with Crippen molar-refractivity contribution in [2.45, 2.75) is 24.8 Å². The third kappa shape index (κ3) is 3.62. The molecular weight excluding hydrogens is 315 g/mol. The van der Waals surface area contributed by atoms with Crippen LogP contribution in [0.4, 0.5) is 13.2 Å². The molecule has 2 nitrogen and oxygen atoms in total. The molecule has 0 amide bonds. The second-order valence-corrected chi connectivity index (χ2v) is 5.96. The van der Waals surface area contributed by atoms with E-state index in [2.05, 4.69) is 0 Å². The van der Waals surface area contributed by atoms with E-state index in [-0.39, 0.29) is 17.5 Å². The van der Waals surface area contributed by atoms with Crippen LogP contribution in [-0.4, -0.2) is 12.6 Å². The van der Waals surface area contributed by atoms with Crippen molar-refractivity contribution in [1.82, 2.24) is 0 Å². The van der Waals surface area contributed by atoms with Gasteiger partial charge in [0.05, 0.1) is 0 Å². The molecule has 0 saturated carbocycles. The number of halogens is 3. The Morgan fingerprint density at radius 3 is 2.42 bits per heavy atom. The molecule has 0 saturated heterocycles. The maximum absolute atomic E-state index is 13.9. The number of para-hydroxylation sites is 1. The molecule has 2 N–H and O–H groups in total. The number of benzene rings is 2. The number of hydrogen-bond acceptors (Lipinski definition) is 2. The first-order valence-electron chi connectivity index (χ1n) is 7.80. The Labute approximate surface area is 138 Å². The van der Waals surface area contributed by atoms with Crippen LogP contribution in [0, 0.1) is 17.5 Å². The van der Waals surface area contributed by atoms with Gasteiger partial charge in [0.1, 0.15) is 18.2 Å². The lowest BCUT2D eigenvalue weighted by Crippen LogP contribution is -2.33. The lowest BCUT2D eigenvalue weighted by atomic mass is 9.81. The average molecular weight is 333 g/mol. The van der Waals surface area contributed by atoms with Crippen LogP contribution in [0.15, 0.2) is 54.1 Å². The van der Waals surface area contributed by atoms with Crippen LogP contribution >= 0.6 is 0 Å². The van der Waals surface area contributed by atoms with E-state index in [0.717, 1.165) is 17.4 Å². The molecule has 1 aliphatic carbocycles. The smallest absolute Gasteiger partial charge is 0.161 e. The molecule has 0 spiro atoms. The van der Waals surface area contributed by atoms with E-state index in [4.69, 9.17) is 10.5 Å². The lowest BCUT2D eigenvalue weighted by molar-refractivity contribution is 0.335. The van der Waals surface area contributed by atoms with Gasteiger partial charge in [0.15, 0.2) is 11.6 Å². The number of rotatable bonds is 4. The van der Waals surface area contributed by atoms with E-state index in [1.165, 1.54) is 0 Å². The molecule has 2 aromatic carbocycles. The van der Waals surface area contributed by atoms with Crippen LogP contribution in [0.25, 0.3) is 0 Å². The molecular formula is C19H18F3NO. The maximum atomic E-state index is 13.9. The van der Waals surface area contributed by atoms with E-state index in [0.29, 0.717) is 25.5 Å². The second kappa shape index (κ2) is 7.09. The first-order valence-corrected chi connectivity index (χ1v) is 7.80. The Morgan fingerprint density at radius 1 is 1.00 bits per heavy atom. The molecule has 0 aliphatic heterocycles. The highest BCUT2D eigenvalue weighted by atomic mass is 19.2. The summed E-state index contributed by atoms with van der Waals surface area (Å²) in [5, 5.41) is 0. The minimum atomic E-state index is -1.19. The van der Waals surface area contributed by atoms with Crippen LogP contribution in [-0.2, 0) is 0 Å². The lowest BCUT2D eigenvalue weighted by Gasteiger charge is -2.29. The van der Waals surface area contributed by atoms with Gasteiger partial charge >= 0.3 is 0 Å². The molecule has 126 valence electrons. The van der Waals surface area contributed by atoms with E-state index in [1.807, 2.05) is 36.4 Å². The molecule has 0 fully saturated rings. The topological polar surface area (TPSA) is 35.2 Å². The van der Waals surface area contributed by atoms with Crippen LogP contribution < -0.4 is 10.5 Å². The molecule has 2 aromatic rings. The monoisotopic (exact) mass is 333 g/mol. The average Bonchev–Trinajstić information content (AvgIpc) is 2.58. The number of allylic oxidation sites excluding steroid dienone is 1. The minimum absolute atomic E-state index is 0.126. The summed E-state index contributed by atoms with van der Waals surface area (Å²) in [7, 11) is 0. The van der Waals surface area contributed by atoms with Gasteiger partial charge in [-0.25, -0.2) is 13.2 Å². The Kier molecular flexibility index (Phi) is 4.90. The minimum Gasteiger partial charge on any atom is -0.489 e. The third-order valence-corrected chi connectivity index (χ3v) is 4.28. The summed E-state index contributed by atoms with van der Waals surface area (Å²) in [5.41, 5.74) is 7.29. The van der Waals surface area contributed by atoms with Crippen LogP contribution in [0.1, 0.15) is 24.3 Å². The summed E-state index contributed by atoms with van der Waals surface area (Å²) < 4.78 is 46.1. The molecule has 3 rings (SSSR count). The number of hydrogen-bond donors (Lipinski definition) is 1. The predicted octanol–water partition coefficient (Wildman–Crippen LogP) is 4.31. The Bertz CT molecular complexity index is 746. The summed E-state index contributed by atoms with van der Waals surface area (Å²) in [6.45, 7) is 0.407. The van der Waals surface area contributed by atoms with E-state index < -0.39 is 17.5 Å². The van der Waals surface area contributed by atoms with Crippen LogP contribution in [0.3, 0.4) is 0 Å². The maximum Gasteiger partial charge on any atom is 0.161 e. The fourth-order valence-corrected chi connectivity index (χ4v) is 2.99. The molecule has 0 heterocycles. The standard InChI is InChI=1S/C19H18F3NO/c20-16-10-18(22)17(21)9-15(16)14-7-6-12(8-19(14)23)11-24-13-4-2-1-3-5-13/h1-6,9-10,14,19H,7-8,11,23H2/t14-,19+/m1/s1. The number of ether oxygens (including phenoxy) is 1. The van der Waals surface area contributed by atoms with E-state index in [1.54, 1.807) is 0 Å². The van der Waals surface area contributed by atoms with Crippen LogP contribution in [0.5, 0.6) is 5.75 Å². The van der Waals surface area contributed by atoms with Gasteiger partial charge in [-0.3, -0.25) is 0 Å². The van der Waals surface area contributed by atoms with Gasteiger partial charge in [-0.2, -0.15) is 0 Å². The van der Waals surface area contributed by atoms with Gasteiger partial charge in [0.2, 0.25) is 0 Å². The highest BCUT2D eigenvalue weighted by molar-refractivity contribution is 5.29. The quantitative estimate of drug-likeness (QED) is 0.668.